The third-order valence-corrected chi connectivity index (χ3v) is 4.35. The fourth-order valence-corrected chi connectivity index (χ4v) is 2.97. The van der Waals surface area contributed by atoms with Crippen LogP contribution in [0.4, 0.5) is 0 Å². The Morgan fingerprint density at radius 3 is 2.64 bits per heavy atom. The number of para-hydroxylation sites is 1. The van der Waals surface area contributed by atoms with Gasteiger partial charge in [0, 0.05) is 18.8 Å². The molecular weight excluding hydrogens is 278 g/mol. The van der Waals surface area contributed by atoms with Crippen LogP contribution in [0.1, 0.15) is 50.4 Å². The maximum atomic E-state index is 12.6. The van der Waals surface area contributed by atoms with Crippen LogP contribution < -0.4 is 10.1 Å². The first-order chi connectivity index (χ1) is 10.5. The highest BCUT2D eigenvalue weighted by molar-refractivity contribution is 5.92. The molecule has 1 aliphatic heterocycles. The minimum Gasteiger partial charge on any atom is -0.493 e. The van der Waals surface area contributed by atoms with E-state index in [0.717, 1.165) is 32.4 Å². The highest BCUT2D eigenvalue weighted by Crippen LogP contribution is 2.30. The Bertz CT molecular complexity index is 493. The number of hydrogen-bond donors (Lipinski definition) is 1. The predicted octanol–water partition coefficient (Wildman–Crippen LogP) is 2.38. The van der Waals surface area contributed by atoms with Crippen LogP contribution in [0.15, 0.2) is 24.3 Å². The molecule has 0 aliphatic carbocycles. The highest BCUT2D eigenvalue weighted by Gasteiger charge is 2.36. The lowest BCUT2D eigenvalue weighted by atomic mass is 9.83. The first-order valence-electron chi connectivity index (χ1n) is 8.31. The molecule has 22 heavy (non-hydrogen) atoms. The average molecular weight is 306 g/mol. The normalized spacial score (nSPS) is 16.3. The molecule has 2 rings (SSSR count). The van der Waals surface area contributed by atoms with Gasteiger partial charge in [-0.15, -0.1) is 0 Å². The summed E-state index contributed by atoms with van der Waals surface area (Å²) in [6.07, 6.45) is 3.09. The van der Waals surface area contributed by atoms with Crippen LogP contribution in [0.5, 0.6) is 5.75 Å². The van der Waals surface area contributed by atoms with Crippen LogP contribution in [-0.4, -0.2) is 31.3 Å². The van der Waals surface area contributed by atoms with E-state index < -0.39 is 5.60 Å². The molecule has 0 unspecified atom stereocenters. The van der Waals surface area contributed by atoms with E-state index in [4.69, 9.17) is 9.47 Å². The lowest BCUT2D eigenvalue weighted by Crippen LogP contribution is -2.86. The summed E-state index contributed by atoms with van der Waals surface area (Å²) >= 11 is 0. The highest BCUT2D eigenvalue weighted by atomic mass is 16.6. The van der Waals surface area contributed by atoms with Crippen LogP contribution in [0, 0.1) is 5.92 Å². The van der Waals surface area contributed by atoms with Crippen LogP contribution in [-0.2, 0) is 4.74 Å². The molecule has 0 amide bonds. The summed E-state index contributed by atoms with van der Waals surface area (Å²) < 4.78 is 11.5. The SMILES string of the molecule is CCCOc1ccccc1C(=O)OC(C)(C)C1CC[NH2+]CC1. The van der Waals surface area contributed by atoms with Crippen molar-refractivity contribution >= 4 is 5.97 Å². The van der Waals surface area contributed by atoms with E-state index in [1.54, 1.807) is 6.07 Å². The molecule has 1 aliphatic rings. The maximum absolute atomic E-state index is 12.6. The number of benzene rings is 1. The van der Waals surface area contributed by atoms with Crippen molar-refractivity contribution in [1.82, 2.24) is 0 Å². The number of nitrogens with two attached hydrogens (primary N) is 1. The number of rotatable bonds is 6. The molecule has 1 saturated heterocycles. The number of piperidine rings is 1. The third kappa shape index (κ3) is 4.23. The third-order valence-electron chi connectivity index (χ3n) is 4.35. The summed E-state index contributed by atoms with van der Waals surface area (Å²) in [6.45, 7) is 8.92. The van der Waals surface area contributed by atoms with E-state index >= 15 is 0 Å². The molecule has 1 heterocycles. The summed E-state index contributed by atoms with van der Waals surface area (Å²) in [6, 6.07) is 7.33. The van der Waals surface area contributed by atoms with Crippen molar-refractivity contribution < 1.29 is 19.6 Å². The second-order valence-electron chi connectivity index (χ2n) is 6.48. The Kier molecular flexibility index (Phi) is 5.83. The average Bonchev–Trinajstić information content (AvgIpc) is 2.53. The topological polar surface area (TPSA) is 52.1 Å². The van der Waals surface area contributed by atoms with E-state index in [1.165, 1.54) is 0 Å². The Hall–Kier alpha value is -1.55. The van der Waals surface area contributed by atoms with Gasteiger partial charge in [-0.3, -0.25) is 0 Å². The lowest BCUT2D eigenvalue weighted by molar-refractivity contribution is -0.665. The van der Waals surface area contributed by atoms with Gasteiger partial charge in [0.05, 0.1) is 19.7 Å². The Labute approximate surface area is 133 Å². The van der Waals surface area contributed by atoms with Crippen molar-refractivity contribution in [3.63, 3.8) is 0 Å². The number of quaternary nitrogens is 1. The molecule has 1 aromatic rings. The van der Waals surface area contributed by atoms with Gasteiger partial charge in [-0.1, -0.05) is 19.1 Å². The van der Waals surface area contributed by atoms with Crippen molar-refractivity contribution in [3.05, 3.63) is 29.8 Å². The summed E-state index contributed by atoms with van der Waals surface area (Å²) in [5, 5.41) is 2.32. The number of esters is 1. The smallest absolute Gasteiger partial charge is 0.342 e. The molecule has 2 N–H and O–H groups in total. The number of carbonyl (C=O) groups excluding carboxylic acids is 1. The van der Waals surface area contributed by atoms with Crippen LogP contribution in [0.2, 0.25) is 0 Å². The number of hydrogen-bond acceptors (Lipinski definition) is 3. The Balaban J connectivity index is 2.07. The molecule has 122 valence electrons. The fourth-order valence-electron chi connectivity index (χ4n) is 2.97. The molecule has 0 spiro atoms. The number of carbonyl (C=O) groups is 1. The van der Waals surface area contributed by atoms with Gasteiger partial charge in [0.25, 0.3) is 0 Å². The van der Waals surface area contributed by atoms with Crippen LogP contribution in [0.25, 0.3) is 0 Å². The van der Waals surface area contributed by atoms with Gasteiger partial charge < -0.3 is 14.8 Å². The fraction of sp³-hybridized carbons (Fsp3) is 0.611. The molecule has 4 nitrogen and oxygen atoms in total. The molecule has 1 aromatic carbocycles. The first kappa shape index (κ1) is 16.8. The monoisotopic (exact) mass is 306 g/mol. The second-order valence-corrected chi connectivity index (χ2v) is 6.48. The molecule has 0 bridgehead atoms. The molecule has 0 radical (unpaired) electrons. The van der Waals surface area contributed by atoms with E-state index in [1.807, 2.05) is 39.0 Å². The van der Waals surface area contributed by atoms with E-state index in [0.29, 0.717) is 23.8 Å². The van der Waals surface area contributed by atoms with E-state index in [2.05, 4.69) is 5.32 Å². The number of ether oxygens (including phenoxy) is 2. The standard InChI is InChI=1S/C18H27NO3/c1-4-13-21-16-8-6-5-7-15(16)17(20)22-18(2,3)14-9-11-19-12-10-14/h5-8,14,19H,4,9-13H2,1-3H3/p+1. The quantitative estimate of drug-likeness (QED) is 0.821. The van der Waals surface area contributed by atoms with Gasteiger partial charge in [0.1, 0.15) is 16.9 Å². The molecule has 0 aromatic heterocycles. The van der Waals surface area contributed by atoms with Gasteiger partial charge in [-0.25, -0.2) is 4.79 Å². The molecule has 0 atom stereocenters. The minimum atomic E-state index is -0.441. The maximum Gasteiger partial charge on any atom is 0.342 e. The zero-order valence-electron chi connectivity index (χ0n) is 13.9. The summed E-state index contributed by atoms with van der Waals surface area (Å²) in [7, 11) is 0. The van der Waals surface area contributed by atoms with Crippen LogP contribution >= 0.6 is 0 Å². The molecule has 4 heteroatoms. The van der Waals surface area contributed by atoms with Crippen molar-refractivity contribution in [1.29, 1.82) is 0 Å². The molecule has 1 fully saturated rings. The van der Waals surface area contributed by atoms with Gasteiger partial charge >= 0.3 is 5.97 Å². The Morgan fingerprint density at radius 2 is 1.95 bits per heavy atom. The Morgan fingerprint density at radius 1 is 1.27 bits per heavy atom. The minimum absolute atomic E-state index is 0.286. The van der Waals surface area contributed by atoms with Crippen molar-refractivity contribution in [2.75, 3.05) is 19.7 Å². The predicted molar refractivity (Wildman–Crippen MR) is 86.1 cm³/mol. The summed E-state index contributed by atoms with van der Waals surface area (Å²) in [5.41, 5.74) is 0.0786. The van der Waals surface area contributed by atoms with Gasteiger partial charge in [-0.2, -0.15) is 0 Å². The van der Waals surface area contributed by atoms with Crippen molar-refractivity contribution in [3.8, 4) is 5.75 Å². The van der Waals surface area contributed by atoms with Gasteiger partial charge in [0.15, 0.2) is 0 Å². The van der Waals surface area contributed by atoms with Crippen molar-refractivity contribution in [2.45, 2.75) is 45.6 Å². The van der Waals surface area contributed by atoms with E-state index in [9.17, 15) is 4.79 Å². The van der Waals surface area contributed by atoms with Crippen LogP contribution in [0.3, 0.4) is 0 Å². The largest absolute Gasteiger partial charge is 0.493 e. The zero-order valence-corrected chi connectivity index (χ0v) is 13.9. The molecular formula is C18H28NO3+. The second kappa shape index (κ2) is 7.63. The van der Waals surface area contributed by atoms with E-state index in [-0.39, 0.29) is 5.97 Å². The summed E-state index contributed by atoms with van der Waals surface area (Å²) in [5.74, 6) is 0.749. The summed E-state index contributed by atoms with van der Waals surface area (Å²) in [4.78, 5) is 12.6. The lowest BCUT2D eigenvalue weighted by Gasteiger charge is -2.35. The zero-order chi connectivity index (χ0) is 16.0. The first-order valence-corrected chi connectivity index (χ1v) is 8.31. The molecule has 0 saturated carbocycles. The van der Waals surface area contributed by atoms with Gasteiger partial charge in [-0.05, 0) is 32.4 Å². The van der Waals surface area contributed by atoms with Crippen molar-refractivity contribution in [2.24, 2.45) is 5.92 Å². The van der Waals surface area contributed by atoms with Gasteiger partial charge in [0.2, 0.25) is 0 Å².